The molecule has 0 radical (unpaired) electrons. The van der Waals surface area contributed by atoms with Crippen LogP contribution in [-0.2, 0) is 16.0 Å². The Morgan fingerprint density at radius 2 is 1.93 bits per heavy atom. The zero-order valence-electron chi connectivity index (χ0n) is 16.4. The van der Waals surface area contributed by atoms with Gasteiger partial charge in [-0.3, -0.25) is 9.59 Å². The molecule has 3 aromatic rings. The van der Waals surface area contributed by atoms with E-state index >= 15 is 0 Å². The Morgan fingerprint density at radius 1 is 1.14 bits per heavy atom. The van der Waals surface area contributed by atoms with Gasteiger partial charge in [-0.05, 0) is 40.6 Å². The molecular formula is C24H24N2O2S. The highest BCUT2D eigenvalue weighted by atomic mass is 32.1. The molecule has 0 bridgehead atoms. The molecule has 2 N–H and O–H groups in total. The average Bonchev–Trinajstić information content (AvgIpc) is 3.27. The molecular weight excluding hydrogens is 380 g/mol. The lowest BCUT2D eigenvalue weighted by Gasteiger charge is -2.27. The van der Waals surface area contributed by atoms with E-state index in [2.05, 4.69) is 41.8 Å². The summed E-state index contributed by atoms with van der Waals surface area (Å²) in [6, 6.07) is 19.8. The van der Waals surface area contributed by atoms with Crippen molar-refractivity contribution in [2.45, 2.75) is 38.1 Å². The van der Waals surface area contributed by atoms with Crippen molar-refractivity contribution in [2.24, 2.45) is 0 Å². The number of amides is 2. The molecule has 2 unspecified atom stereocenters. The lowest BCUT2D eigenvalue weighted by Crippen LogP contribution is -2.37. The lowest BCUT2D eigenvalue weighted by molar-refractivity contribution is -0.126. The number of carbonyl (C=O) groups is 2. The number of thiophene rings is 1. The molecule has 4 rings (SSSR count). The molecule has 1 aliphatic rings. The Labute approximate surface area is 175 Å². The summed E-state index contributed by atoms with van der Waals surface area (Å²) in [4.78, 5) is 26.5. The van der Waals surface area contributed by atoms with Crippen LogP contribution in [0, 0.1) is 0 Å². The summed E-state index contributed by atoms with van der Waals surface area (Å²) in [7, 11) is 0. The number of anilines is 1. The molecule has 0 saturated carbocycles. The maximum atomic E-state index is 13.3. The van der Waals surface area contributed by atoms with Gasteiger partial charge in [-0.15, -0.1) is 11.3 Å². The van der Waals surface area contributed by atoms with E-state index in [-0.39, 0.29) is 24.3 Å². The van der Waals surface area contributed by atoms with Gasteiger partial charge in [0.15, 0.2) is 0 Å². The number of para-hydroxylation sites is 1. The maximum absolute atomic E-state index is 13.3. The van der Waals surface area contributed by atoms with Gasteiger partial charge >= 0.3 is 0 Å². The van der Waals surface area contributed by atoms with Crippen molar-refractivity contribution in [1.29, 1.82) is 0 Å². The van der Waals surface area contributed by atoms with Crippen LogP contribution in [0.2, 0.25) is 0 Å². The first-order chi connectivity index (χ1) is 14.2. The van der Waals surface area contributed by atoms with Gasteiger partial charge in [0.05, 0.1) is 12.0 Å². The second-order valence-corrected chi connectivity index (χ2v) is 8.32. The molecule has 0 aliphatic carbocycles. The zero-order valence-corrected chi connectivity index (χ0v) is 17.2. The largest absolute Gasteiger partial charge is 0.344 e. The Kier molecular flexibility index (Phi) is 5.76. The van der Waals surface area contributed by atoms with Crippen LogP contribution in [0.3, 0.4) is 0 Å². The highest BCUT2D eigenvalue weighted by Crippen LogP contribution is 2.34. The van der Waals surface area contributed by atoms with Crippen molar-refractivity contribution < 1.29 is 9.59 Å². The summed E-state index contributed by atoms with van der Waals surface area (Å²) in [5.41, 5.74) is 3.94. The first-order valence-electron chi connectivity index (χ1n) is 9.97. The van der Waals surface area contributed by atoms with E-state index in [0.717, 1.165) is 34.5 Å². The Balaban J connectivity index is 1.62. The maximum Gasteiger partial charge on any atom is 0.228 e. The summed E-state index contributed by atoms with van der Waals surface area (Å²) in [5.74, 6) is -0.731. The molecule has 148 valence electrons. The predicted octanol–water partition coefficient (Wildman–Crippen LogP) is 5.03. The number of aryl methyl sites for hydroxylation is 1. The van der Waals surface area contributed by atoms with Gasteiger partial charge < -0.3 is 10.6 Å². The molecule has 0 spiro atoms. The van der Waals surface area contributed by atoms with Crippen LogP contribution in [0.1, 0.15) is 53.3 Å². The summed E-state index contributed by atoms with van der Waals surface area (Å²) < 4.78 is 0. The minimum absolute atomic E-state index is 0.122. The molecule has 1 aromatic heterocycles. The fraction of sp³-hybridized carbons (Fsp3) is 0.250. The monoisotopic (exact) mass is 404 g/mol. The average molecular weight is 405 g/mol. The molecule has 0 fully saturated rings. The standard InChI is InChI=1S/C24H24N2O2S/c1-2-6-16-10-12-17(13-11-16)23(21-9-5-14-29-21)26-24(28)19-15-22(27)25-20-8-4-3-7-18(19)20/h3-5,7-14,19,23H,2,6,15H2,1H3,(H,25,27)(H,26,28). The van der Waals surface area contributed by atoms with Crippen LogP contribution < -0.4 is 10.6 Å². The van der Waals surface area contributed by atoms with Gasteiger partial charge in [0.2, 0.25) is 11.8 Å². The SMILES string of the molecule is CCCc1ccc(C(NC(=O)C2CC(=O)Nc3ccccc32)c2cccs2)cc1. The normalized spacial score (nSPS) is 16.6. The van der Waals surface area contributed by atoms with Crippen LogP contribution in [0.25, 0.3) is 0 Å². The molecule has 29 heavy (non-hydrogen) atoms. The van der Waals surface area contributed by atoms with Crippen molar-refractivity contribution >= 4 is 28.8 Å². The molecule has 2 atom stereocenters. The number of fused-ring (bicyclic) bond motifs is 1. The second-order valence-electron chi connectivity index (χ2n) is 7.34. The molecule has 0 saturated heterocycles. The topological polar surface area (TPSA) is 58.2 Å². The number of benzene rings is 2. The highest BCUT2D eigenvalue weighted by molar-refractivity contribution is 7.10. The summed E-state index contributed by atoms with van der Waals surface area (Å²) >= 11 is 1.62. The van der Waals surface area contributed by atoms with E-state index in [0.29, 0.717) is 0 Å². The fourth-order valence-electron chi connectivity index (χ4n) is 3.83. The molecule has 2 heterocycles. The van der Waals surface area contributed by atoms with Crippen LogP contribution in [0.5, 0.6) is 0 Å². The zero-order chi connectivity index (χ0) is 20.2. The number of nitrogens with one attached hydrogen (secondary N) is 2. The van der Waals surface area contributed by atoms with E-state index < -0.39 is 5.92 Å². The van der Waals surface area contributed by atoms with E-state index in [1.54, 1.807) is 11.3 Å². The number of hydrogen-bond acceptors (Lipinski definition) is 3. The van der Waals surface area contributed by atoms with Crippen LogP contribution in [-0.4, -0.2) is 11.8 Å². The summed E-state index contributed by atoms with van der Waals surface area (Å²) in [6.07, 6.45) is 2.31. The van der Waals surface area contributed by atoms with Gasteiger partial charge in [0.1, 0.15) is 0 Å². The number of carbonyl (C=O) groups excluding carboxylic acids is 2. The fourth-order valence-corrected chi connectivity index (χ4v) is 4.63. The smallest absolute Gasteiger partial charge is 0.228 e. The third-order valence-electron chi connectivity index (χ3n) is 5.28. The first-order valence-corrected chi connectivity index (χ1v) is 10.8. The lowest BCUT2D eigenvalue weighted by atomic mass is 9.89. The van der Waals surface area contributed by atoms with Crippen molar-refractivity contribution in [3.8, 4) is 0 Å². The van der Waals surface area contributed by atoms with Gasteiger partial charge in [0.25, 0.3) is 0 Å². The van der Waals surface area contributed by atoms with Crippen molar-refractivity contribution in [3.05, 3.63) is 87.6 Å². The molecule has 5 heteroatoms. The molecule has 2 aromatic carbocycles. The Bertz CT molecular complexity index is 996. The van der Waals surface area contributed by atoms with Gasteiger partial charge in [-0.2, -0.15) is 0 Å². The quantitative estimate of drug-likeness (QED) is 0.605. The van der Waals surface area contributed by atoms with Crippen LogP contribution in [0.15, 0.2) is 66.0 Å². The summed E-state index contributed by atoms with van der Waals surface area (Å²) in [5, 5.41) is 8.09. The molecule has 1 aliphatic heterocycles. The van der Waals surface area contributed by atoms with Crippen LogP contribution >= 0.6 is 11.3 Å². The predicted molar refractivity (Wildman–Crippen MR) is 117 cm³/mol. The first kappa shape index (κ1) is 19.4. The van der Waals surface area contributed by atoms with Gasteiger partial charge in [-0.1, -0.05) is 61.9 Å². The van der Waals surface area contributed by atoms with Gasteiger partial charge in [0, 0.05) is 17.0 Å². The van der Waals surface area contributed by atoms with Gasteiger partial charge in [-0.25, -0.2) is 0 Å². The van der Waals surface area contributed by atoms with Crippen molar-refractivity contribution in [2.75, 3.05) is 5.32 Å². The minimum atomic E-state index is -0.484. The Hall–Kier alpha value is -2.92. The third-order valence-corrected chi connectivity index (χ3v) is 6.22. The third kappa shape index (κ3) is 4.25. The number of rotatable bonds is 6. The van der Waals surface area contributed by atoms with E-state index in [1.807, 2.05) is 41.8 Å². The molecule has 4 nitrogen and oxygen atoms in total. The minimum Gasteiger partial charge on any atom is -0.344 e. The second kappa shape index (κ2) is 8.62. The summed E-state index contributed by atoms with van der Waals surface area (Å²) in [6.45, 7) is 2.17. The highest BCUT2D eigenvalue weighted by Gasteiger charge is 2.32. The van der Waals surface area contributed by atoms with Crippen molar-refractivity contribution in [1.82, 2.24) is 5.32 Å². The molecule has 2 amide bonds. The van der Waals surface area contributed by atoms with Crippen LogP contribution in [0.4, 0.5) is 5.69 Å². The van der Waals surface area contributed by atoms with E-state index in [9.17, 15) is 9.59 Å². The van der Waals surface area contributed by atoms with E-state index in [4.69, 9.17) is 0 Å². The van der Waals surface area contributed by atoms with Crippen molar-refractivity contribution in [3.63, 3.8) is 0 Å². The number of hydrogen-bond donors (Lipinski definition) is 2. The Morgan fingerprint density at radius 3 is 2.66 bits per heavy atom. The van der Waals surface area contributed by atoms with E-state index in [1.165, 1.54) is 5.56 Å².